The molecule has 5 atom stereocenters. The molecule has 0 unspecified atom stereocenters. The van der Waals surface area contributed by atoms with Crippen molar-refractivity contribution in [2.45, 2.75) is 36.8 Å². The maximum absolute atomic E-state index is 9.77. The van der Waals surface area contributed by atoms with Gasteiger partial charge in [-0.2, -0.15) is 0 Å². The van der Waals surface area contributed by atoms with Gasteiger partial charge in [-0.05, 0) is 11.1 Å². The first-order valence-corrected chi connectivity index (χ1v) is 6.02. The van der Waals surface area contributed by atoms with Crippen LogP contribution in [0.25, 0.3) is 20.9 Å². The average Bonchev–Trinajstić information content (AvgIpc) is 2.50. The van der Waals surface area contributed by atoms with Gasteiger partial charge >= 0.3 is 0 Å². The van der Waals surface area contributed by atoms with Crippen molar-refractivity contribution in [2.24, 2.45) is 10.2 Å². The van der Waals surface area contributed by atoms with Crippen LogP contribution < -0.4 is 0 Å². The summed E-state index contributed by atoms with van der Waals surface area (Å²) in [5.41, 5.74) is 16.5. The summed E-state index contributed by atoms with van der Waals surface area (Å²) < 4.78 is 10.4. The van der Waals surface area contributed by atoms with E-state index in [-0.39, 0.29) is 13.1 Å². The Morgan fingerprint density at radius 3 is 2.10 bits per heavy atom. The van der Waals surface area contributed by atoms with Crippen LogP contribution in [0.4, 0.5) is 0 Å². The second-order valence-corrected chi connectivity index (χ2v) is 4.28. The second kappa shape index (κ2) is 8.62. The van der Waals surface area contributed by atoms with Crippen molar-refractivity contribution < 1.29 is 29.9 Å². The number of azide groups is 2. The molecule has 0 amide bonds. The van der Waals surface area contributed by atoms with Crippen molar-refractivity contribution in [1.29, 1.82) is 0 Å². The highest BCUT2D eigenvalue weighted by Crippen LogP contribution is 2.23. The third kappa shape index (κ3) is 4.70. The van der Waals surface area contributed by atoms with Crippen molar-refractivity contribution in [1.82, 2.24) is 0 Å². The van der Waals surface area contributed by atoms with Gasteiger partial charge in [-0.1, -0.05) is 10.2 Å². The summed E-state index contributed by atoms with van der Waals surface area (Å²) in [5.74, 6) is 0. The number of aliphatic hydroxyl groups is 4. The molecule has 1 rings (SSSR count). The number of hydrogen-bond donors (Lipinski definition) is 4. The Labute approximate surface area is 118 Å². The standard InChI is InChI=1S/C9H16N6O6/c10-14-12-1-4(2-13-15-11)20-9-8(19)7(18)6(17)5(3-16)21-9/h4-9,16-19H,1-3H2/t5-,6+,7+,8-,9-/m1/s1. The van der Waals surface area contributed by atoms with Crippen molar-refractivity contribution in [3.8, 4) is 0 Å². The highest BCUT2D eigenvalue weighted by Gasteiger charge is 2.44. The fourth-order valence-corrected chi connectivity index (χ4v) is 1.77. The maximum atomic E-state index is 9.77. The van der Waals surface area contributed by atoms with E-state index in [1.54, 1.807) is 0 Å². The van der Waals surface area contributed by atoms with Gasteiger partial charge in [0.25, 0.3) is 0 Å². The number of aliphatic hydroxyl groups excluding tert-OH is 4. The molecule has 0 aromatic carbocycles. The Morgan fingerprint density at radius 1 is 1.05 bits per heavy atom. The fraction of sp³-hybridized carbons (Fsp3) is 1.00. The second-order valence-electron chi connectivity index (χ2n) is 4.28. The van der Waals surface area contributed by atoms with E-state index in [1.807, 2.05) is 0 Å². The van der Waals surface area contributed by atoms with E-state index in [9.17, 15) is 15.3 Å². The molecule has 12 nitrogen and oxygen atoms in total. The van der Waals surface area contributed by atoms with Crippen molar-refractivity contribution >= 4 is 0 Å². The molecule has 0 bridgehead atoms. The highest BCUT2D eigenvalue weighted by atomic mass is 16.7. The van der Waals surface area contributed by atoms with Gasteiger partial charge in [0.1, 0.15) is 24.4 Å². The quantitative estimate of drug-likeness (QED) is 0.258. The van der Waals surface area contributed by atoms with Gasteiger partial charge in [-0.15, -0.1) is 0 Å². The number of rotatable bonds is 7. The lowest BCUT2D eigenvalue weighted by Crippen LogP contribution is -2.59. The van der Waals surface area contributed by atoms with E-state index < -0.39 is 43.4 Å². The average molecular weight is 304 g/mol. The fourth-order valence-electron chi connectivity index (χ4n) is 1.77. The van der Waals surface area contributed by atoms with Crippen LogP contribution in [0.3, 0.4) is 0 Å². The zero-order chi connectivity index (χ0) is 15.8. The number of hydrogen-bond acceptors (Lipinski definition) is 8. The largest absolute Gasteiger partial charge is 0.394 e. The van der Waals surface area contributed by atoms with Crippen LogP contribution in [0.1, 0.15) is 0 Å². The first kappa shape index (κ1) is 17.4. The molecule has 0 spiro atoms. The summed E-state index contributed by atoms with van der Waals surface area (Å²) in [7, 11) is 0. The molecule has 118 valence electrons. The molecule has 21 heavy (non-hydrogen) atoms. The van der Waals surface area contributed by atoms with Crippen LogP contribution in [-0.4, -0.2) is 76.9 Å². The van der Waals surface area contributed by atoms with E-state index in [2.05, 4.69) is 20.1 Å². The maximum Gasteiger partial charge on any atom is 0.186 e. The molecule has 1 saturated heterocycles. The molecule has 1 aliphatic rings. The lowest BCUT2D eigenvalue weighted by molar-refractivity contribution is -0.309. The van der Waals surface area contributed by atoms with E-state index in [4.69, 9.17) is 25.6 Å². The van der Waals surface area contributed by atoms with Gasteiger partial charge in [-0.25, -0.2) is 0 Å². The Hall–Kier alpha value is -1.62. The molecule has 1 heterocycles. The lowest BCUT2D eigenvalue weighted by Gasteiger charge is -2.40. The molecule has 0 aromatic rings. The Morgan fingerprint density at radius 2 is 1.62 bits per heavy atom. The normalized spacial score (nSPS) is 33.6. The first-order valence-electron chi connectivity index (χ1n) is 6.02. The molecule has 0 radical (unpaired) electrons. The summed E-state index contributed by atoms with van der Waals surface area (Å²) in [5, 5.41) is 44.5. The minimum atomic E-state index is -1.58. The van der Waals surface area contributed by atoms with E-state index in [1.165, 1.54) is 0 Å². The number of ether oxygens (including phenoxy) is 2. The topological polar surface area (TPSA) is 197 Å². The van der Waals surface area contributed by atoms with E-state index >= 15 is 0 Å². The first-order chi connectivity index (χ1) is 10.0. The van der Waals surface area contributed by atoms with Crippen LogP contribution in [0.5, 0.6) is 0 Å². The van der Waals surface area contributed by atoms with Gasteiger partial charge < -0.3 is 29.9 Å². The molecular weight excluding hydrogens is 288 g/mol. The molecule has 0 saturated carbocycles. The van der Waals surface area contributed by atoms with Gasteiger partial charge in [0, 0.05) is 9.82 Å². The minimum Gasteiger partial charge on any atom is -0.394 e. The zero-order valence-electron chi connectivity index (χ0n) is 10.9. The van der Waals surface area contributed by atoms with Gasteiger partial charge in [0.05, 0.1) is 25.8 Å². The van der Waals surface area contributed by atoms with Crippen LogP contribution in [0.15, 0.2) is 10.2 Å². The van der Waals surface area contributed by atoms with Crippen molar-refractivity contribution in [3.05, 3.63) is 20.9 Å². The van der Waals surface area contributed by atoms with Crippen LogP contribution >= 0.6 is 0 Å². The summed E-state index contributed by atoms with van der Waals surface area (Å²) in [6, 6.07) is 0. The Kier molecular flexibility index (Phi) is 7.15. The SMILES string of the molecule is [N-]=[N+]=NCC(CN=[N+]=[N-])O[C@@H]1O[C@H](CO)[C@H](O)[C@H](O)[C@H]1O. The van der Waals surface area contributed by atoms with Gasteiger partial charge in [-0.3, -0.25) is 0 Å². The summed E-state index contributed by atoms with van der Waals surface area (Å²) in [6.45, 7) is -0.975. The molecule has 4 N–H and O–H groups in total. The summed E-state index contributed by atoms with van der Waals surface area (Å²) >= 11 is 0. The van der Waals surface area contributed by atoms with Crippen LogP contribution in [-0.2, 0) is 9.47 Å². The lowest BCUT2D eigenvalue weighted by atomic mass is 9.99. The minimum absolute atomic E-state index is 0.190. The Balaban J connectivity index is 2.75. The molecule has 0 aromatic heterocycles. The predicted molar refractivity (Wildman–Crippen MR) is 66.7 cm³/mol. The van der Waals surface area contributed by atoms with Crippen LogP contribution in [0.2, 0.25) is 0 Å². The Bertz CT molecular complexity index is 403. The van der Waals surface area contributed by atoms with Gasteiger partial charge in [0.15, 0.2) is 6.29 Å². The van der Waals surface area contributed by atoms with Crippen molar-refractivity contribution in [2.75, 3.05) is 19.7 Å². The predicted octanol–water partition coefficient (Wildman–Crippen LogP) is -1.21. The van der Waals surface area contributed by atoms with Crippen molar-refractivity contribution in [3.63, 3.8) is 0 Å². The van der Waals surface area contributed by atoms with Gasteiger partial charge in [0.2, 0.25) is 0 Å². The van der Waals surface area contributed by atoms with Crippen LogP contribution in [0, 0.1) is 0 Å². The molecule has 12 heteroatoms. The zero-order valence-corrected chi connectivity index (χ0v) is 10.9. The smallest absolute Gasteiger partial charge is 0.186 e. The third-order valence-corrected chi connectivity index (χ3v) is 2.87. The third-order valence-electron chi connectivity index (χ3n) is 2.87. The summed E-state index contributed by atoms with van der Waals surface area (Å²) in [6.07, 6.45) is -8.06. The summed E-state index contributed by atoms with van der Waals surface area (Å²) in [4.78, 5) is 5.06. The molecule has 1 aliphatic heterocycles. The molecule has 0 aliphatic carbocycles. The monoisotopic (exact) mass is 304 g/mol. The van der Waals surface area contributed by atoms with E-state index in [0.29, 0.717) is 0 Å². The highest BCUT2D eigenvalue weighted by molar-refractivity contribution is 4.89. The number of nitrogens with zero attached hydrogens (tertiary/aromatic N) is 6. The molecular formula is C9H16N6O6. The molecule has 1 fully saturated rings. The van der Waals surface area contributed by atoms with E-state index in [0.717, 1.165) is 0 Å².